The third-order valence-corrected chi connectivity index (χ3v) is 2.54. The number of hydrogen-bond acceptors (Lipinski definition) is 2. The summed E-state index contributed by atoms with van der Waals surface area (Å²) in [7, 11) is 0. The molecule has 0 unspecified atom stereocenters. The molecular formula is C15H16F4O2. The maximum atomic E-state index is 13.1. The number of hydrogen-bond donors (Lipinski definition) is 1. The highest BCUT2D eigenvalue weighted by Crippen LogP contribution is 2.21. The van der Waals surface area contributed by atoms with E-state index in [2.05, 4.69) is 11.8 Å². The molecule has 1 aromatic carbocycles. The van der Waals surface area contributed by atoms with Crippen LogP contribution in [0.4, 0.5) is 17.6 Å². The molecule has 1 aromatic rings. The van der Waals surface area contributed by atoms with Crippen LogP contribution >= 0.6 is 0 Å². The molecule has 0 aliphatic carbocycles. The molecule has 1 N–H and O–H groups in total. The Morgan fingerprint density at radius 2 is 2.00 bits per heavy atom. The molecule has 0 aromatic heterocycles. The standard InChI is InChI=1S/C15H16F4O2/c16-14-6-5-13(12(10-14)4-1-2-8-20)11-21-9-3-7-15(17,18)19/h5-6,10,20H,2-3,7-9,11H2. The minimum atomic E-state index is -4.18. The first kappa shape index (κ1) is 17.5. The summed E-state index contributed by atoms with van der Waals surface area (Å²) in [6, 6.07) is 3.96. The molecule has 0 radical (unpaired) electrons. The predicted molar refractivity (Wildman–Crippen MR) is 69.9 cm³/mol. The van der Waals surface area contributed by atoms with Gasteiger partial charge >= 0.3 is 6.18 Å². The van der Waals surface area contributed by atoms with Crippen LogP contribution in [0.3, 0.4) is 0 Å². The Hall–Kier alpha value is -1.58. The van der Waals surface area contributed by atoms with Crippen molar-refractivity contribution in [2.24, 2.45) is 0 Å². The molecule has 2 nitrogen and oxygen atoms in total. The fraction of sp³-hybridized carbons (Fsp3) is 0.467. The quantitative estimate of drug-likeness (QED) is 0.496. The fourth-order valence-corrected chi connectivity index (χ4v) is 1.56. The average Bonchev–Trinajstić information content (AvgIpc) is 2.39. The molecule has 0 amide bonds. The van der Waals surface area contributed by atoms with Gasteiger partial charge in [0.2, 0.25) is 0 Å². The van der Waals surface area contributed by atoms with Crippen LogP contribution in [0, 0.1) is 17.7 Å². The van der Waals surface area contributed by atoms with Gasteiger partial charge in [0.15, 0.2) is 0 Å². The zero-order chi connectivity index (χ0) is 15.7. The van der Waals surface area contributed by atoms with Crippen LogP contribution < -0.4 is 0 Å². The van der Waals surface area contributed by atoms with E-state index < -0.39 is 18.4 Å². The van der Waals surface area contributed by atoms with Gasteiger partial charge in [-0.2, -0.15) is 13.2 Å². The Morgan fingerprint density at radius 3 is 2.67 bits per heavy atom. The van der Waals surface area contributed by atoms with Gasteiger partial charge < -0.3 is 9.84 Å². The van der Waals surface area contributed by atoms with Crippen molar-refractivity contribution in [3.63, 3.8) is 0 Å². The van der Waals surface area contributed by atoms with E-state index >= 15 is 0 Å². The first-order valence-corrected chi connectivity index (χ1v) is 6.45. The lowest BCUT2D eigenvalue weighted by Crippen LogP contribution is -2.09. The molecule has 1 rings (SSSR count). The van der Waals surface area contributed by atoms with E-state index in [1.54, 1.807) is 0 Å². The summed E-state index contributed by atoms with van der Waals surface area (Å²) in [6.07, 6.45) is -4.92. The summed E-state index contributed by atoms with van der Waals surface area (Å²) in [6.45, 7) is -0.0484. The van der Waals surface area contributed by atoms with Crippen molar-refractivity contribution in [3.05, 3.63) is 35.1 Å². The van der Waals surface area contributed by atoms with Crippen LogP contribution in [0.15, 0.2) is 18.2 Å². The Labute approximate surface area is 120 Å². The van der Waals surface area contributed by atoms with E-state index in [9.17, 15) is 17.6 Å². The molecule has 0 bridgehead atoms. The minimum absolute atomic E-state index is 0.0274. The van der Waals surface area contributed by atoms with Gasteiger partial charge in [-0.15, -0.1) is 0 Å². The van der Waals surface area contributed by atoms with E-state index in [4.69, 9.17) is 9.84 Å². The van der Waals surface area contributed by atoms with Gasteiger partial charge in [0, 0.05) is 25.0 Å². The number of aliphatic hydroxyl groups excluding tert-OH is 1. The molecule has 0 atom stereocenters. The Kier molecular flexibility index (Phi) is 7.20. The summed E-state index contributed by atoms with van der Waals surface area (Å²) in [5.41, 5.74) is 1.02. The van der Waals surface area contributed by atoms with Crippen LogP contribution in [0.2, 0.25) is 0 Å². The van der Waals surface area contributed by atoms with E-state index in [-0.39, 0.29) is 32.7 Å². The van der Waals surface area contributed by atoms with Crippen LogP contribution in [0.25, 0.3) is 0 Å². The number of alkyl halides is 3. The number of benzene rings is 1. The van der Waals surface area contributed by atoms with Gasteiger partial charge in [-0.25, -0.2) is 4.39 Å². The Balaban J connectivity index is 2.53. The average molecular weight is 304 g/mol. The van der Waals surface area contributed by atoms with E-state index in [1.165, 1.54) is 18.2 Å². The molecule has 0 heterocycles. The summed E-state index contributed by atoms with van der Waals surface area (Å²) in [5.74, 6) is 4.93. The largest absolute Gasteiger partial charge is 0.395 e. The second-order valence-corrected chi connectivity index (χ2v) is 4.35. The fourth-order valence-electron chi connectivity index (χ4n) is 1.56. The topological polar surface area (TPSA) is 29.5 Å². The van der Waals surface area contributed by atoms with Gasteiger partial charge in [0.1, 0.15) is 5.82 Å². The second-order valence-electron chi connectivity index (χ2n) is 4.35. The molecule has 0 aliphatic heterocycles. The molecule has 0 saturated carbocycles. The lowest BCUT2D eigenvalue weighted by molar-refractivity contribution is -0.138. The number of rotatable bonds is 6. The number of halogens is 4. The first-order valence-electron chi connectivity index (χ1n) is 6.45. The van der Waals surface area contributed by atoms with Crippen LogP contribution in [-0.4, -0.2) is 24.5 Å². The van der Waals surface area contributed by atoms with Gasteiger partial charge in [-0.3, -0.25) is 0 Å². The molecule has 21 heavy (non-hydrogen) atoms. The summed E-state index contributed by atoms with van der Waals surface area (Å²) < 4.78 is 54.2. The molecule has 0 spiro atoms. The third-order valence-electron chi connectivity index (χ3n) is 2.54. The molecule has 0 fully saturated rings. The van der Waals surface area contributed by atoms with Crippen LogP contribution in [-0.2, 0) is 11.3 Å². The monoisotopic (exact) mass is 304 g/mol. The zero-order valence-corrected chi connectivity index (χ0v) is 11.3. The van der Waals surface area contributed by atoms with E-state index in [1.807, 2.05) is 0 Å². The molecule has 0 saturated heterocycles. The molecule has 116 valence electrons. The van der Waals surface area contributed by atoms with Gasteiger partial charge in [0.25, 0.3) is 0 Å². The van der Waals surface area contributed by atoms with Gasteiger partial charge in [0.05, 0.1) is 13.2 Å². The maximum absolute atomic E-state index is 13.1. The Morgan fingerprint density at radius 1 is 1.24 bits per heavy atom. The van der Waals surface area contributed by atoms with Crippen molar-refractivity contribution in [2.75, 3.05) is 13.2 Å². The van der Waals surface area contributed by atoms with Gasteiger partial charge in [-0.1, -0.05) is 17.9 Å². The van der Waals surface area contributed by atoms with Crippen LogP contribution in [0.5, 0.6) is 0 Å². The molecule has 6 heteroatoms. The van der Waals surface area contributed by atoms with Crippen molar-refractivity contribution in [1.82, 2.24) is 0 Å². The van der Waals surface area contributed by atoms with Gasteiger partial charge in [-0.05, 0) is 24.1 Å². The van der Waals surface area contributed by atoms with Crippen molar-refractivity contribution in [1.29, 1.82) is 0 Å². The first-order chi connectivity index (χ1) is 9.92. The number of aliphatic hydroxyl groups is 1. The SMILES string of the molecule is OCCC#Cc1cc(F)ccc1COCCCC(F)(F)F. The van der Waals surface area contributed by atoms with Crippen LogP contribution in [0.1, 0.15) is 30.4 Å². The summed E-state index contributed by atoms with van der Waals surface area (Å²) in [5, 5.41) is 8.64. The normalized spacial score (nSPS) is 11.1. The predicted octanol–water partition coefficient (Wildman–Crippen LogP) is 3.42. The lowest BCUT2D eigenvalue weighted by Gasteiger charge is -2.08. The molecular weight excluding hydrogens is 288 g/mol. The summed E-state index contributed by atoms with van der Waals surface area (Å²) >= 11 is 0. The summed E-state index contributed by atoms with van der Waals surface area (Å²) in [4.78, 5) is 0. The Bertz CT molecular complexity index is 501. The lowest BCUT2D eigenvalue weighted by atomic mass is 10.1. The number of ether oxygens (including phenoxy) is 1. The highest BCUT2D eigenvalue weighted by molar-refractivity contribution is 5.41. The highest BCUT2D eigenvalue weighted by Gasteiger charge is 2.25. The van der Waals surface area contributed by atoms with E-state index in [0.717, 1.165) is 0 Å². The maximum Gasteiger partial charge on any atom is 0.389 e. The highest BCUT2D eigenvalue weighted by atomic mass is 19.4. The van der Waals surface area contributed by atoms with Crippen molar-refractivity contribution >= 4 is 0 Å². The van der Waals surface area contributed by atoms with Crippen molar-refractivity contribution < 1.29 is 27.4 Å². The smallest absolute Gasteiger partial charge is 0.389 e. The van der Waals surface area contributed by atoms with Crippen molar-refractivity contribution in [2.45, 2.75) is 32.0 Å². The second kappa shape index (κ2) is 8.65. The van der Waals surface area contributed by atoms with Crippen molar-refractivity contribution in [3.8, 4) is 11.8 Å². The molecule has 0 aliphatic rings. The third kappa shape index (κ3) is 7.69. The minimum Gasteiger partial charge on any atom is -0.395 e. The zero-order valence-electron chi connectivity index (χ0n) is 11.3. The van der Waals surface area contributed by atoms with E-state index in [0.29, 0.717) is 11.1 Å².